The van der Waals surface area contributed by atoms with Crippen molar-refractivity contribution in [1.29, 1.82) is 0 Å². The standard InChI is InChI=1S/C12H19N3OS/c1-8(7-16)9(2)13-6-11-10(3)14-12-15(11)4-5-17-12/h4-5,8-9,13,16H,6-7H2,1-3H3. The highest BCUT2D eigenvalue weighted by Gasteiger charge is 2.13. The van der Waals surface area contributed by atoms with E-state index in [0.717, 1.165) is 17.2 Å². The number of fused-ring (bicyclic) bond motifs is 1. The highest BCUT2D eigenvalue weighted by molar-refractivity contribution is 7.15. The van der Waals surface area contributed by atoms with E-state index < -0.39 is 0 Å². The zero-order chi connectivity index (χ0) is 12.4. The molecule has 2 atom stereocenters. The van der Waals surface area contributed by atoms with Crippen LogP contribution in [-0.2, 0) is 6.54 Å². The predicted molar refractivity (Wildman–Crippen MR) is 70.4 cm³/mol. The van der Waals surface area contributed by atoms with Crippen molar-refractivity contribution >= 4 is 16.3 Å². The summed E-state index contributed by atoms with van der Waals surface area (Å²) in [4.78, 5) is 5.55. The number of nitrogens with zero attached hydrogens (tertiary/aromatic N) is 2. The first-order chi connectivity index (χ1) is 8.13. The summed E-state index contributed by atoms with van der Waals surface area (Å²) < 4.78 is 2.13. The summed E-state index contributed by atoms with van der Waals surface area (Å²) in [5, 5.41) is 14.6. The fraction of sp³-hybridized carbons (Fsp3) is 0.583. The summed E-state index contributed by atoms with van der Waals surface area (Å²) >= 11 is 1.65. The molecule has 0 saturated heterocycles. The third kappa shape index (κ3) is 2.51. The molecule has 2 rings (SSSR count). The second-order valence-electron chi connectivity index (χ2n) is 4.53. The van der Waals surface area contributed by atoms with Gasteiger partial charge in [-0.2, -0.15) is 0 Å². The van der Waals surface area contributed by atoms with Gasteiger partial charge in [-0.15, -0.1) is 11.3 Å². The van der Waals surface area contributed by atoms with E-state index in [4.69, 9.17) is 5.11 Å². The van der Waals surface area contributed by atoms with Crippen LogP contribution in [0.2, 0.25) is 0 Å². The lowest BCUT2D eigenvalue weighted by Crippen LogP contribution is -2.33. The van der Waals surface area contributed by atoms with Crippen molar-refractivity contribution in [2.75, 3.05) is 6.61 Å². The van der Waals surface area contributed by atoms with E-state index in [1.165, 1.54) is 5.69 Å². The van der Waals surface area contributed by atoms with Gasteiger partial charge >= 0.3 is 0 Å². The molecule has 2 heterocycles. The van der Waals surface area contributed by atoms with E-state index in [9.17, 15) is 0 Å². The molecule has 5 heteroatoms. The normalized spacial score (nSPS) is 15.3. The first-order valence-corrected chi connectivity index (χ1v) is 6.76. The fourth-order valence-electron chi connectivity index (χ4n) is 1.77. The number of hydrogen-bond donors (Lipinski definition) is 2. The average molecular weight is 253 g/mol. The molecule has 0 saturated carbocycles. The molecule has 2 N–H and O–H groups in total. The van der Waals surface area contributed by atoms with Crippen LogP contribution in [0, 0.1) is 12.8 Å². The van der Waals surface area contributed by atoms with Crippen LogP contribution in [0.15, 0.2) is 11.6 Å². The quantitative estimate of drug-likeness (QED) is 0.854. The van der Waals surface area contributed by atoms with E-state index in [1.807, 2.05) is 19.2 Å². The Balaban J connectivity index is 2.08. The zero-order valence-electron chi connectivity index (χ0n) is 10.5. The number of aryl methyl sites for hydroxylation is 1. The second kappa shape index (κ2) is 5.16. The number of rotatable bonds is 5. The summed E-state index contributed by atoms with van der Waals surface area (Å²) in [7, 11) is 0. The van der Waals surface area contributed by atoms with Crippen molar-refractivity contribution < 1.29 is 5.11 Å². The van der Waals surface area contributed by atoms with Crippen molar-refractivity contribution in [2.24, 2.45) is 5.92 Å². The Hall–Kier alpha value is -0.910. The molecule has 2 aromatic rings. The topological polar surface area (TPSA) is 49.6 Å². The van der Waals surface area contributed by atoms with E-state index in [1.54, 1.807) is 11.3 Å². The van der Waals surface area contributed by atoms with Crippen LogP contribution in [0.4, 0.5) is 0 Å². The molecular weight excluding hydrogens is 234 g/mol. The molecule has 0 bridgehead atoms. The highest BCUT2D eigenvalue weighted by atomic mass is 32.1. The van der Waals surface area contributed by atoms with E-state index in [0.29, 0.717) is 6.04 Å². The molecule has 2 aromatic heterocycles. The smallest absolute Gasteiger partial charge is 0.194 e. The third-order valence-electron chi connectivity index (χ3n) is 3.29. The van der Waals surface area contributed by atoms with Crippen LogP contribution in [0.3, 0.4) is 0 Å². The van der Waals surface area contributed by atoms with Gasteiger partial charge in [0.05, 0.1) is 11.4 Å². The van der Waals surface area contributed by atoms with Crippen molar-refractivity contribution in [2.45, 2.75) is 33.4 Å². The minimum atomic E-state index is 0.216. The number of aliphatic hydroxyl groups is 1. The van der Waals surface area contributed by atoms with Crippen molar-refractivity contribution in [1.82, 2.24) is 14.7 Å². The van der Waals surface area contributed by atoms with Crippen LogP contribution in [-0.4, -0.2) is 27.1 Å². The van der Waals surface area contributed by atoms with Crippen LogP contribution < -0.4 is 5.32 Å². The number of thiazole rings is 1. The maximum Gasteiger partial charge on any atom is 0.194 e. The van der Waals surface area contributed by atoms with Gasteiger partial charge in [-0.1, -0.05) is 6.92 Å². The third-order valence-corrected chi connectivity index (χ3v) is 4.05. The summed E-state index contributed by atoms with van der Waals surface area (Å²) in [6.07, 6.45) is 2.05. The van der Waals surface area contributed by atoms with Gasteiger partial charge < -0.3 is 10.4 Å². The Morgan fingerprint density at radius 3 is 3.00 bits per heavy atom. The van der Waals surface area contributed by atoms with Crippen LogP contribution in [0.25, 0.3) is 4.96 Å². The number of nitrogens with one attached hydrogen (secondary N) is 1. The lowest BCUT2D eigenvalue weighted by Gasteiger charge is -2.19. The minimum absolute atomic E-state index is 0.216. The Kier molecular flexibility index (Phi) is 3.81. The van der Waals surface area contributed by atoms with Crippen molar-refractivity contribution in [3.63, 3.8) is 0 Å². The second-order valence-corrected chi connectivity index (χ2v) is 5.40. The molecule has 0 aliphatic heterocycles. The van der Waals surface area contributed by atoms with E-state index in [-0.39, 0.29) is 12.5 Å². The van der Waals surface area contributed by atoms with Gasteiger partial charge in [0.25, 0.3) is 0 Å². The Bertz CT molecular complexity index is 491. The minimum Gasteiger partial charge on any atom is -0.396 e. The molecule has 4 nitrogen and oxygen atoms in total. The maximum atomic E-state index is 9.10. The molecule has 0 aliphatic carbocycles. The fourth-order valence-corrected chi connectivity index (χ4v) is 2.55. The monoisotopic (exact) mass is 253 g/mol. The first kappa shape index (κ1) is 12.5. The molecule has 0 fully saturated rings. The molecule has 0 aliphatic rings. The molecule has 0 amide bonds. The summed E-state index contributed by atoms with van der Waals surface area (Å²) in [5.74, 6) is 0.265. The van der Waals surface area contributed by atoms with Gasteiger partial charge in [0, 0.05) is 30.8 Å². The number of aromatic nitrogens is 2. The summed E-state index contributed by atoms with van der Waals surface area (Å²) in [5.41, 5.74) is 2.28. The lowest BCUT2D eigenvalue weighted by molar-refractivity contribution is 0.206. The highest BCUT2D eigenvalue weighted by Crippen LogP contribution is 2.17. The number of imidazole rings is 1. The van der Waals surface area contributed by atoms with Gasteiger partial charge in [-0.25, -0.2) is 4.98 Å². The molecular formula is C12H19N3OS. The van der Waals surface area contributed by atoms with Gasteiger partial charge in [0.2, 0.25) is 0 Å². The largest absolute Gasteiger partial charge is 0.396 e. The molecule has 94 valence electrons. The van der Waals surface area contributed by atoms with Crippen molar-refractivity contribution in [3.05, 3.63) is 23.0 Å². The number of aliphatic hydroxyl groups excluding tert-OH is 1. The molecule has 0 radical (unpaired) electrons. The number of hydrogen-bond acceptors (Lipinski definition) is 4. The Labute approximate surface area is 105 Å². The van der Waals surface area contributed by atoms with E-state index in [2.05, 4.69) is 27.8 Å². The van der Waals surface area contributed by atoms with Crippen LogP contribution >= 0.6 is 11.3 Å². The maximum absolute atomic E-state index is 9.10. The Morgan fingerprint density at radius 2 is 2.29 bits per heavy atom. The first-order valence-electron chi connectivity index (χ1n) is 5.88. The van der Waals surface area contributed by atoms with E-state index >= 15 is 0 Å². The van der Waals surface area contributed by atoms with Crippen LogP contribution in [0.5, 0.6) is 0 Å². The zero-order valence-corrected chi connectivity index (χ0v) is 11.3. The molecule has 0 spiro atoms. The SMILES string of the molecule is Cc1nc2sccn2c1CNC(C)C(C)CO. The van der Waals surface area contributed by atoms with Crippen molar-refractivity contribution in [3.8, 4) is 0 Å². The predicted octanol–water partition coefficient (Wildman–Crippen LogP) is 1.81. The summed E-state index contributed by atoms with van der Waals surface area (Å²) in [6.45, 7) is 7.18. The summed E-state index contributed by atoms with van der Waals surface area (Å²) in [6, 6.07) is 0.295. The van der Waals surface area contributed by atoms with Crippen LogP contribution in [0.1, 0.15) is 25.2 Å². The van der Waals surface area contributed by atoms with Gasteiger partial charge in [0.1, 0.15) is 0 Å². The molecule has 0 aromatic carbocycles. The average Bonchev–Trinajstić information content (AvgIpc) is 2.86. The van der Waals surface area contributed by atoms with Gasteiger partial charge in [-0.3, -0.25) is 4.40 Å². The Morgan fingerprint density at radius 1 is 1.53 bits per heavy atom. The molecule has 2 unspecified atom stereocenters. The molecule has 17 heavy (non-hydrogen) atoms. The van der Waals surface area contributed by atoms with Gasteiger partial charge in [0.15, 0.2) is 4.96 Å². The van der Waals surface area contributed by atoms with Gasteiger partial charge in [-0.05, 0) is 19.8 Å². The lowest BCUT2D eigenvalue weighted by atomic mass is 10.1.